The zero-order valence-corrected chi connectivity index (χ0v) is 8.25. The second-order valence-corrected chi connectivity index (χ2v) is 4.96. The van der Waals surface area contributed by atoms with Gasteiger partial charge in [0.05, 0.1) is 6.10 Å². The maximum atomic E-state index is 9.57. The number of aliphatic hydroxyl groups excluding tert-OH is 1. The molecule has 2 nitrogen and oxygen atoms in total. The van der Waals surface area contributed by atoms with Crippen LogP contribution >= 0.6 is 0 Å². The van der Waals surface area contributed by atoms with E-state index in [0.29, 0.717) is 6.04 Å². The fourth-order valence-corrected chi connectivity index (χ4v) is 2.44. The third kappa shape index (κ3) is 0.944. The highest BCUT2D eigenvalue weighted by Crippen LogP contribution is 2.46. The van der Waals surface area contributed by atoms with Crippen LogP contribution in [0.25, 0.3) is 0 Å². The van der Waals surface area contributed by atoms with Crippen molar-refractivity contribution in [1.29, 1.82) is 0 Å². The molecule has 70 valence electrons. The number of likely N-dealkylation sites (tertiary alicyclic amines) is 1. The van der Waals surface area contributed by atoms with Crippen molar-refractivity contribution in [3.05, 3.63) is 0 Å². The quantitative estimate of drug-likeness (QED) is 0.638. The SMILES string of the molecule is CC1CCN1C1CC(O)C1(C)C. The van der Waals surface area contributed by atoms with E-state index in [0.717, 1.165) is 12.5 Å². The van der Waals surface area contributed by atoms with Gasteiger partial charge in [0.2, 0.25) is 0 Å². The summed E-state index contributed by atoms with van der Waals surface area (Å²) in [4.78, 5) is 2.53. The van der Waals surface area contributed by atoms with Crippen LogP contribution in [-0.4, -0.2) is 34.7 Å². The summed E-state index contributed by atoms with van der Waals surface area (Å²) in [5.74, 6) is 0. The van der Waals surface area contributed by atoms with Crippen molar-refractivity contribution in [3.8, 4) is 0 Å². The first-order chi connectivity index (χ1) is 5.53. The number of rotatable bonds is 1. The Morgan fingerprint density at radius 2 is 2.08 bits per heavy atom. The Hall–Kier alpha value is -0.0800. The number of nitrogens with zero attached hydrogens (tertiary/aromatic N) is 1. The number of hydrogen-bond donors (Lipinski definition) is 1. The lowest BCUT2D eigenvalue weighted by Crippen LogP contribution is -2.66. The van der Waals surface area contributed by atoms with Gasteiger partial charge >= 0.3 is 0 Å². The number of hydrogen-bond acceptors (Lipinski definition) is 2. The van der Waals surface area contributed by atoms with E-state index in [9.17, 15) is 5.11 Å². The minimum absolute atomic E-state index is 0.0738. The van der Waals surface area contributed by atoms with E-state index >= 15 is 0 Å². The van der Waals surface area contributed by atoms with E-state index in [4.69, 9.17) is 0 Å². The van der Waals surface area contributed by atoms with Gasteiger partial charge in [0.25, 0.3) is 0 Å². The van der Waals surface area contributed by atoms with Crippen molar-refractivity contribution in [2.24, 2.45) is 5.41 Å². The maximum Gasteiger partial charge on any atom is 0.0621 e. The smallest absolute Gasteiger partial charge is 0.0621 e. The molecule has 3 unspecified atom stereocenters. The molecule has 0 aromatic carbocycles. The van der Waals surface area contributed by atoms with Crippen LogP contribution in [0.15, 0.2) is 0 Å². The van der Waals surface area contributed by atoms with Crippen molar-refractivity contribution in [1.82, 2.24) is 4.90 Å². The summed E-state index contributed by atoms with van der Waals surface area (Å²) in [5.41, 5.74) is 0.134. The molecule has 3 atom stereocenters. The van der Waals surface area contributed by atoms with Gasteiger partial charge in [0, 0.05) is 24.0 Å². The van der Waals surface area contributed by atoms with Gasteiger partial charge in [-0.3, -0.25) is 4.90 Å². The van der Waals surface area contributed by atoms with Crippen molar-refractivity contribution in [2.75, 3.05) is 6.54 Å². The Labute approximate surface area is 74.6 Å². The molecule has 1 saturated carbocycles. The fourth-order valence-electron chi connectivity index (χ4n) is 2.44. The summed E-state index contributed by atoms with van der Waals surface area (Å²) >= 11 is 0. The lowest BCUT2D eigenvalue weighted by Gasteiger charge is -2.59. The molecule has 12 heavy (non-hydrogen) atoms. The van der Waals surface area contributed by atoms with E-state index in [1.165, 1.54) is 13.0 Å². The van der Waals surface area contributed by atoms with Gasteiger partial charge in [-0.25, -0.2) is 0 Å². The zero-order valence-electron chi connectivity index (χ0n) is 8.25. The van der Waals surface area contributed by atoms with Crippen LogP contribution in [0.5, 0.6) is 0 Å². The molecule has 1 heterocycles. The monoisotopic (exact) mass is 169 g/mol. The maximum absolute atomic E-state index is 9.57. The molecule has 2 rings (SSSR count). The molecular formula is C10H19NO. The van der Waals surface area contributed by atoms with Gasteiger partial charge in [0.1, 0.15) is 0 Å². The highest BCUT2D eigenvalue weighted by atomic mass is 16.3. The molecule has 2 heteroatoms. The zero-order chi connectivity index (χ0) is 8.93. The Balaban J connectivity index is 1.99. The van der Waals surface area contributed by atoms with Crippen LogP contribution in [0.2, 0.25) is 0 Å². The average molecular weight is 169 g/mol. The van der Waals surface area contributed by atoms with Gasteiger partial charge in [-0.1, -0.05) is 13.8 Å². The lowest BCUT2D eigenvalue weighted by molar-refractivity contribution is -0.149. The highest BCUT2D eigenvalue weighted by Gasteiger charge is 2.52. The first-order valence-corrected chi connectivity index (χ1v) is 4.97. The van der Waals surface area contributed by atoms with Crippen LogP contribution in [0.1, 0.15) is 33.6 Å². The first kappa shape index (κ1) is 8.52. The van der Waals surface area contributed by atoms with Crippen molar-refractivity contribution in [3.63, 3.8) is 0 Å². The Morgan fingerprint density at radius 3 is 2.33 bits per heavy atom. The molecule has 1 saturated heterocycles. The van der Waals surface area contributed by atoms with Crippen LogP contribution in [-0.2, 0) is 0 Å². The molecule has 0 aromatic heterocycles. The van der Waals surface area contributed by atoms with Gasteiger partial charge < -0.3 is 5.11 Å². The molecule has 0 spiro atoms. The molecule has 2 aliphatic rings. The molecule has 1 aliphatic heterocycles. The van der Waals surface area contributed by atoms with Gasteiger partial charge in [-0.2, -0.15) is 0 Å². The summed E-state index contributed by atoms with van der Waals surface area (Å²) in [6, 6.07) is 1.39. The summed E-state index contributed by atoms with van der Waals surface area (Å²) < 4.78 is 0. The second kappa shape index (κ2) is 2.46. The first-order valence-electron chi connectivity index (χ1n) is 4.97. The molecular weight excluding hydrogens is 150 g/mol. The van der Waals surface area contributed by atoms with E-state index in [1.807, 2.05) is 0 Å². The predicted octanol–water partition coefficient (Wildman–Crippen LogP) is 1.24. The van der Waals surface area contributed by atoms with Crippen LogP contribution < -0.4 is 0 Å². The Kier molecular flexibility index (Phi) is 1.74. The third-order valence-corrected chi connectivity index (χ3v) is 3.94. The van der Waals surface area contributed by atoms with Gasteiger partial charge in [-0.05, 0) is 19.8 Å². The summed E-state index contributed by atoms with van der Waals surface area (Å²) in [5, 5.41) is 9.57. The van der Waals surface area contributed by atoms with Crippen molar-refractivity contribution < 1.29 is 5.11 Å². The standard InChI is InChI=1S/C10H19NO/c1-7-4-5-11(7)8-6-9(12)10(8,2)3/h7-9,12H,4-6H2,1-3H3. The van der Waals surface area contributed by atoms with Crippen LogP contribution in [0.4, 0.5) is 0 Å². The van der Waals surface area contributed by atoms with E-state index in [1.54, 1.807) is 0 Å². The minimum Gasteiger partial charge on any atom is -0.392 e. The Bertz CT molecular complexity index is 190. The second-order valence-electron chi connectivity index (χ2n) is 4.96. The normalized spacial score (nSPS) is 46.5. The molecule has 1 N–H and O–H groups in total. The molecule has 0 bridgehead atoms. The molecule has 0 radical (unpaired) electrons. The molecule has 2 fully saturated rings. The van der Waals surface area contributed by atoms with Crippen LogP contribution in [0.3, 0.4) is 0 Å². The fraction of sp³-hybridized carbons (Fsp3) is 1.00. The summed E-state index contributed by atoms with van der Waals surface area (Å²) in [6.45, 7) is 7.88. The third-order valence-electron chi connectivity index (χ3n) is 3.94. The number of aliphatic hydroxyl groups is 1. The Morgan fingerprint density at radius 1 is 1.42 bits per heavy atom. The summed E-state index contributed by atoms with van der Waals surface area (Å²) in [6.07, 6.45) is 2.25. The summed E-state index contributed by atoms with van der Waals surface area (Å²) in [7, 11) is 0. The minimum atomic E-state index is -0.0738. The lowest BCUT2D eigenvalue weighted by atomic mass is 9.63. The van der Waals surface area contributed by atoms with Gasteiger partial charge in [0.15, 0.2) is 0 Å². The molecule has 1 aliphatic carbocycles. The molecule has 0 aromatic rings. The van der Waals surface area contributed by atoms with E-state index in [-0.39, 0.29) is 11.5 Å². The average Bonchev–Trinajstić information content (AvgIpc) is 2.01. The van der Waals surface area contributed by atoms with Crippen LogP contribution in [0, 0.1) is 5.41 Å². The van der Waals surface area contributed by atoms with Crippen molar-refractivity contribution in [2.45, 2.75) is 51.8 Å². The van der Waals surface area contributed by atoms with E-state index < -0.39 is 0 Å². The highest BCUT2D eigenvalue weighted by molar-refractivity contribution is 5.05. The van der Waals surface area contributed by atoms with E-state index in [2.05, 4.69) is 25.7 Å². The topological polar surface area (TPSA) is 23.5 Å². The van der Waals surface area contributed by atoms with Gasteiger partial charge in [-0.15, -0.1) is 0 Å². The van der Waals surface area contributed by atoms with Crippen molar-refractivity contribution >= 4 is 0 Å². The predicted molar refractivity (Wildman–Crippen MR) is 49.0 cm³/mol. The largest absolute Gasteiger partial charge is 0.392 e. The molecule has 0 amide bonds.